The van der Waals surface area contributed by atoms with Gasteiger partial charge in [0.05, 0.1) is 0 Å². The average molecular weight is 229 g/mol. The fourth-order valence-corrected chi connectivity index (χ4v) is 1.78. The molecule has 0 saturated carbocycles. The Balaban J connectivity index is 2.21. The van der Waals surface area contributed by atoms with Gasteiger partial charge in [-0.1, -0.05) is 65.7 Å². The fraction of sp³-hybridized carbons (Fsp3) is 0.0667. The van der Waals surface area contributed by atoms with Gasteiger partial charge in [0.25, 0.3) is 0 Å². The summed E-state index contributed by atoms with van der Waals surface area (Å²) in [6.07, 6.45) is 4.17. The molecule has 2 aromatic rings. The van der Waals surface area contributed by atoms with Crippen LogP contribution in [0.5, 0.6) is 0 Å². The second-order valence-electron chi connectivity index (χ2n) is 3.80. The molecule has 2 rings (SSSR count). The Morgan fingerprint density at radius 2 is 1.50 bits per heavy atom. The van der Waals surface area contributed by atoms with Gasteiger partial charge in [0, 0.05) is 5.02 Å². The standard InChI is InChI=1S/C15H13Cl/c1-12-4-2-5-13(10-12)8-9-14-6-3-7-15(16)11-14/h2-11H,1H3/b9-8+. The first-order chi connectivity index (χ1) is 7.74. The highest BCUT2D eigenvalue weighted by atomic mass is 35.5. The molecule has 0 unspecified atom stereocenters. The summed E-state index contributed by atoms with van der Waals surface area (Å²) in [5.74, 6) is 0. The zero-order chi connectivity index (χ0) is 11.4. The van der Waals surface area contributed by atoms with Crippen LogP contribution in [0.1, 0.15) is 16.7 Å². The van der Waals surface area contributed by atoms with E-state index >= 15 is 0 Å². The highest BCUT2D eigenvalue weighted by Crippen LogP contribution is 2.14. The lowest BCUT2D eigenvalue weighted by molar-refractivity contribution is 1.46. The van der Waals surface area contributed by atoms with Crippen molar-refractivity contribution in [3.8, 4) is 0 Å². The molecule has 2 aromatic carbocycles. The number of hydrogen-bond donors (Lipinski definition) is 0. The van der Waals surface area contributed by atoms with Crippen molar-refractivity contribution < 1.29 is 0 Å². The molecular formula is C15H13Cl. The Hall–Kier alpha value is -1.53. The largest absolute Gasteiger partial charge is 0.0843 e. The molecule has 80 valence electrons. The van der Waals surface area contributed by atoms with Gasteiger partial charge < -0.3 is 0 Å². The number of rotatable bonds is 2. The lowest BCUT2D eigenvalue weighted by atomic mass is 10.1. The van der Waals surface area contributed by atoms with E-state index in [1.165, 1.54) is 11.1 Å². The number of aryl methyl sites for hydroxylation is 1. The van der Waals surface area contributed by atoms with Crippen molar-refractivity contribution in [1.29, 1.82) is 0 Å². The van der Waals surface area contributed by atoms with Gasteiger partial charge in [0.1, 0.15) is 0 Å². The predicted octanol–water partition coefficient (Wildman–Crippen LogP) is 4.82. The van der Waals surface area contributed by atoms with Gasteiger partial charge in [-0.3, -0.25) is 0 Å². The minimum atomic E-state index is 0.770. The van der Waals surface area contributed by atoms with E-state index in [0.717, 1.165) is 10.6 Å². The number of benzene rings is 2. The Labute approximate surface area is 101 Å². The van der Waals surface area contributed by atoms with Crippen LogP contribution in [0.15, 0.2) is 48.5 Å². The summed E-state index contributed by atoms with van der Waals surface area (Å²) in [6.45, 7) is 2.09. The van der Waals surface area contributed by atoms with Crippen molar-refractivity contribution in [1.82, 2.24) is 0 Å². The molecule has 0 aromatic heterocycles. The highest BCUT2D eigenvalue weighted by molar-refractivity contribution is 6.30. The lowest BCUT2D eigenvalue weighted by Crippen LogP contribution is -1.75. The topological polar surface area (TPSA) is 0 Å². The molecule has 0 amide bonds. The average Bonchev–Trinajstić information content (AvgIpc) is 2.27. The summed E-state index contributed by atoms with van der Waals surface area (Å²) < 4.78 is 0. The first kappa shape index (κ1) is 11.0. The van der Waals surface area contributed by atoms with E-state index in [1.54, 1.807) is 0 Å². The molecule has 0 spiro atoms. The zero-order valence-electron chi connectivity index (χ0n) is 9.15. The van der Waals surface area contributed by atoms with Crippen LogP contribution in [0.25, 0.3) is 12.2 Å². The van der Waals surface area contributed by atoms with E-state index in [-0.39, 0.29) is 0 Å². The number of hydrogen-bond acceptors (Lipinski definition) is 0. The van der Waals surface area contributed by atoms with Crippen molar-refractivity contribution in [2.24, 2.45) is 0 Å². The molecule has 0 N–H and O–H groups in total. The summed E-state index contributed by atoms with van der Waals surface area (Å²) in [7, 11) is 0. The smallest absolute Gasteiger partial charge is 0.0411 e. The molecule has 0 radical (unpaired) electrons. The summed E-state index contributed by atoms with van der Waals surface area (Å²) in [4.78, 5) is 0. The van der Waals surface area contributed by atoms with Crippen molar-refractivity contribution in [2.45, 2.75) is 6.92 Å². The van der Waals surface area contributed by atoms with E-state index < -0.39 is 0 Å². The van der Waals surface area contributed by atoms with Crippen LogP contribution < -0.4 is 0 Å². The minimum Gasteiger partial charge on any atom is -0.0843 e. The van der Waals surface area contributed by atoms with E-state index in [9.17, 15) is 0 Å². The third-order valence-corrected chi connectivity index (χ3v) is 2.59. The molecule has 0 aliphatic rings. The second-order valence-corrected chi connectivity index (χ2v) is 4.24. The molecular weight excluding hydrogens is 216 g/mol. The maximum absolute atomic E-state index is 5.92. The molecule has 1 heteroatoms. The molecule has 0 bridgehead atoms. The first-order valence-electron chi connectivity index (χ1n) is 5.24. The van der Waals surface area contributed by atoms with Gasteiger partial charge in [-0.25, -0.2) is 0 Å². The molecule has 0 aliphatic carbocycles. The maximum atomic E-state index is 5.92. The third kappa shape index (κ3) is 2.98. The second kappa shape index (κ2) is 5.00. The Kier molecular flexibility index (Phi) is 3.43. The molecule has 16 heavy (non-hydrogen) atoms. The third-order valence-electron chi connectivity index (χ3n) is 2.36. The van der Waals surface area contributed by atoms with Gasteiger partial charge in [0.2, 0.25) is 0 Å². The van der Waals surface area contributed by atoms with Gasteiger partial charge >= 0.3 is 0 Å². The molecule has 0 nitrogen and oxygen atoms in total. The van der Waals surface area contributed by atoms with Crippen molar-refractivity contribution >= 4 is 23.8 Å². The molecule has 0 saturated heterocycles. The van der Waals surface area contributed by atoms with Gasteiger partial charge in [-0.15, -0.1) is 0 Å². The van der Waals surface area contributed by atoms with E-state index in [0.29, 0.717) is 0 Å². The zero-order valence-corrected chi connectivity index (χ0v) is 9.91. The highest BCUT2D eigenvalue weighted by Gasteiger charge is 1.90. The summed E-state index contributed by atoms with van der Waals surface area (Å²) in [5, 5.41) is 0.770. The van der Waals surface area contributed by atoms with E-state index in [1.807, 2.05) is 24.3 Å². The van der Waals surface area contributed by atoms with Crippen LogP contribution in [0.2, 0.25) is 5.02 Å². The van der Waals surface area contributed by atoms with Crippen LogP contribution >= 0.6 is 11.6 Å². The summed E-state index contributed by atoms with van der Waals surface area (Å²) >= 11 is 5.92. The molecule has 0 aliphatic heterocycles. The quantitative estimate of drug-likeness (QED) is 0.647. The van der Waals surface area contributed by atoms with Crippen molar-refractivity contribution in [3.63, 3.8) is 0 Å². The molecule has 0 fully saturated rings. The van der Waals surface area contributed by atoms with E-state index in [2.05, 4.69) is 43.3 Å². The molecule has 0 atom stereocenters. The first-order valence-corrected chi connectivity index (χ1v) is 5.62. The van der Waals surface area contributed by atoms with Crippen LogP contribution in [0.4, 0.5) is 0 Å². The van der Waals surface area contributed by atoms with Crippen LogP contribution in [0, 0.1) is 6.92 Å². The molecule has 0 heterocycles. The SMILES string of the molecule is Cc1cccc(/C=C/c2cccc(Cl)c2)c1. The summed E-state index contributed by atoms with van der Waals surface area (Å²) in [5.41, 5.74) is 3.60. The van der Waals surface area contributed by atoms with Crippen molar-refractivity contribution in [3.05, 3.63) is 70.2 Å². The van der Waals surface area contributed by atoms with E-state index in [4.69, 9.17) is 11.6 Å². The Morgan fingerprint density at radius 1 is 0.875 bits per heavy atom. The van der Waals surface area contributed by atoms with Gasteiger partial charge in [0.15, 0.2) is 0 Å². The lowest BCUT2D eigenvalue weighted by Gasteiger charge is -1.97. The number of halogens is 1. The van der Waals surface area contributed by atoms with Crippen molar-refractivity contribution in [2.75, 3.05) is 0 Å². The normalized spacial score (nSPS) is 10.9. The monoisotopic (exact) mass is 228 g/mol. The minimum absolute atomic E-state index is 0.770. The predicted molar refractivity (Wildman–Crippen MR) is 71.6 cm³/mol. The van der Waals surface area contributed by atoms with Crippen LogP contribution in [-0.2, 0) is 0 Å². The summed E-state index contributed by atoms with van der Waals surface area (Å²) in [6, 6.07) is 16.2. The van der Waals surface area contributed by atoms with Crippen LogP contribution in [-0.4, -0.2) is 0 Å². The Morgan fingerprint density at radius 3 is 2.12 bits per heavy atom. The van der Waals surface area contributed by atoms with Crippen LogP contribution in [0.3, 0.4) is 0 Å². The van der Waals surface area contributed by atoms with Gasteiger partial charge in [-0.2, -0.15) is 0 Å². The fourth-order valence-electron chi connectivity index (χ4n) is 1.58. The Bertz CT molecular complexity index is 465. The maximum Gasteiger partial charge on any atom is 0.0411 e. The van der Waals surface area contributed by atoms with Gasteiger partial charge in [-0.05, 0) is 30.2 Å².